The Bertz CT molecular complexity index is 905. The number of amides is 1. The quantitative estimate of drug-likeness (QED) is 0.714. The van der Waals surface area contributed by atoms with Gasteiger partial charge in [-0.05, 0) is 31.0 Å². The molecule has 0 bridgehead atoms. The molecule has 1 amide bonds. The third-order valence-corrected chi connectivity index (χ3v) is 4.47. The highest BCUT2D eigenvalue weighted by molar-refractivity contribution is 5.94. The molecule has 7 heteroatoms. The summed E-state index contributed by atoms with van der Waals surface area (Å²) in [5.74, 6) is 0.983. The maximum Gasteiger partial charge on any atom is 0.255 e. The van der Waals surface area contributed by atoms with E-state index < -0.39 is 0 Å². The van der Waals surface area contributed by atoms with E-state index in [9.17, 15) is 4.79 Å². The number of pyridine rings is 1. The van der Waals surface area contributed by atoms with Crippen LogP contribution in [0, 0.1) is 6.92 Å². The van der Waals surface area contributed by atoms with Crippen molar-refractivity contribution in [1.29, 1.82) is 0 Å². The third kappa shape index (κ3) is 3.17. The minimum Gasteiger partial charge on any atom is -0.355 e. The minimum absolute atomic E-state index is 0.0530. The van der Waals surface area contributed by atoms with E-state index in [0.29, 0.717) is 12.1 Å². The molecule has 0 aliphatic carbocycles. The van der Waals surface area contributed by atoms with Crippen LogP contribution in [0.5, 0.6) is 0 Å². The maximum atomic E-state index is 12.7. The van der Waals surface area contributed by atoms with Gasteiger partial charge in [-0.15, -0.1) is 0 Å². The van der Waals surface area contributed by atoms with Crippen LogP contribution in [0.15, 0.2) is 43.0 Å². The fourth-order valence-electron chi connectivity index (χ4n) is 3.18. The van der Waals surface area contributed by atoms with Crippen LogP contribution in [0.1, 0.15) is 22.3 Å². The maximum absolute atomic E-state index is 12.7. The van der Waals surface area contributed by atoms with Crippen LogP contribution < -0.4 is 4.90 Å². The van der Waals surface area contributed by atoms with Crippen LogP contribution in [0.4, 0.5) is 5.82 Å². The second-order valence-electron chi connectivity index (χ2n) is 6.30. The van der Waals surface area contributed by atoms with Crippen molar-refractivity contribution in [2.45, 2.75) is 13.3 Å². The van der Waals surface area contributed by atoms with Crippen LogP contribution in [0.25, 0.3) is 5.65 Å². The van der Waals surface area contributed by atoms with Gasteiger partial charge in [-0.25, -0.2) is 9.50 Å². The lowest BCUT2D eigenvalue weighted by molar-refractivity contribution is 0.0766. The topological polar surface area (TPSA) is 66.6 Å². The average Bonchev–Trinajstić information content (AvgIpc) is 2.96. The summed E-state index contributed by atoms with van der Waals surface area (Å²) < 4.78 is 1.75. The van der Waals surface area contributed by atoms with E-state index in [2.05, 4.69) is 20.0 Å². The average molecular weight is 336 g/mol. The molecular formula is C18H20N6O. The smallest absolute Gasteiger partial charge is 0.255 e. The van der Waals surface area contributed by atoms with Crippen LogP contribution in [0.2, 0.25) is 0 Å². The van der Waals surface area contributed by atoms with E-state index in [4.69, 9.17) is 0 Å². The van der Waals surface area contributed by atoms with Crippen LogP contribution in [-0.2, 0) is 0 Å². The van der Waals surface area contributed by atoms with Crippen molar-refractivity contribution in [3.05, 3.63) is 54.1 Å². The first kappa shape index (κ1) is 15.6. The summed E-state index contributed by atoms with van der Waals surface area (Å²) in [7, 11) is 0. The van der Waals surface area contributed by atoms with Gasteiger partial charge in [-0.2, -0.15) is 5.10 Å². The third-order valence-electron chi connectivity index (χ3n) is 4.47. The monoisotopic (exact) mass is 336 g/mol. The van der Waals surface area contributed by atoms with E-state index in [1.807, 2.05) is 36.2 Å². The van der Waals surface area contributed by atoms with Crippen molar-refractivity contribution in [3.8, 4) is 0 Å². The second kappa shape index (κ2) is 6.51. The highest BCUT2D eigenvalue weighted by Crippen LogP contribution is 2.16. The van der Waals surface area contributed by atoms with E-state index in [1.165, 1.54) is 0 Å². The Morgan fingerprint density at radius 2 is 2.04 bits per heavy atom. The molecule has 4 rings (SSSR count). The Hall–Kier alpha value is -2.96. The van der Waals surface area contributed by atoms with Gasteiger partial charge in [-0.3, -0.25) is 9.78 Å². The number of aryl methyl sites for hydroxylation is 1. The molecule has 0 N–H and O–H groups in total. The zero-order valence-electron chi connectivity index (χ0n) is 14.2. The SMILES string of the molecule is Cc1cncc(C(=O)N2CCCN(c3ccn4nccc4n3)CC2)c1. The standard InChI is InChI=1S/C18H20N6O/c1-14-11-15(13-19-12-14)18(25)23-7-2-6-22(9-10-23)16-4-8-24-17(21-16)3-5-20-24/h3-5,8,11-13H,2,6-7,9-10H2,1H3. The van der Waals surface area contributed by atoms with Crippen molar-refractivity contribution in [3.63, 3.8) is 0 Å². The van der Waals surface area contributed by atoms with Crippen molar-refractivity contribution >= 4 is 17.4 Å². The molecule has 0 radical (unpaired) electrons. The zero-order chi connectivity index (χ0) is 17.2. The summed E-state index contributed by atoms with van der Waals surface area (Å²) in [6.07, 6.45) is 7.98. The van der Waals surface area contributed by atoms with Gasteiger partial charge in [0.2, 0.25) is 0 Å². The van der Waals surface area contributed by atoms with Crippen molar-refractivity contribution in [2.24, 2.45) is 0 Å². The molecule has 0 unspecified atom stereocenters. The number of carbonyl (C=O) groups excluding carboxylic acids is 1. The number of hydrogen-bond acceptors (Lipinski definition) is 5. The first-order valence-corrected chi connectivity index (χ1v) is 8.47. The predicted octanol–water partition coefficient (Wildman–Crippen LogP) is 1.79. The molecule has 0 saturated carbocycles. The van der Waals surface area contributed by atoms with Crippen molar-refractivity contribution in [1.82, 2.24) is 24.5 Å². The summed E-state index contributed by atoms with van der Waals surface area (Å²) in [5.41, 5.74) is 2.49. The van der Waals surface area contributed by atoms with E-state index >= 15 is 0 Å². The summed E-state index contributed by atoms with van der Waals surface area (Å²) in [6, 6.07) is 5.76. The molecular weight excluding hydrogens is 316 g/mol. The van der Waals surface area contributed by atoms with Gasteiger partial charge >= 0.3 is 0 Å². The molecule has 4 heterocycles. The van der Waals surface area contributed by atoms with Crippen LogP contribution >= 0.6 is 0 Å². The number of carbonyl (C=O) groups is 1. The molecule has 128 valence electrons. The number of nitrogens with zero attached hydrogens (tertiary/aromatic N) is 6. The second-order valence-corrected chi connectivity index (χ2v) is 6.30. The highest BCUT2D eigenvalue weighted by atomic mass is 16.2. The fraction of sp³-hybridized carbons (Fsp3) is 0.333. The molecule has 1 aliphatic rings. The zero-order valence-corrected chi connectivity index (χ0v) is 14.2. The van der Waals surface area contributed by atoms with Gasteiger partial charge in [-0.1, -0.05) is 0 Å². The lowest BCUT2D eigenvalue weighted by Crippen LogP contribution is -2.35. The molecule has 0 atom stereocenters. The van der Waals surface area contributed by atoms with E-state index in [1.54, 1.807) is 23.1 Å². The first-order chi connectivity index (χ1) is 12.2. The first-order valence-electron chi connectivity index (χ1n) is 8.47. The van der Waals surface area contributed by atoms with Crippen molar-refractivity contribution in [2.75, 3.05) is 31.1 Å². The van der Waals surface area contributed by atoms with E-state index in [0.717, 1.165) is 43.1 Å². The lowest BCUT2D eigenvalue weighted by atomic mass is 10.2. The Balaban J connectivity index is 1.49. The molecule has 1 aliphatic heterocycles. The molecule has 7 nitrogen and oxygen atoms in total. The summed E-state index contributed by atoms with van der Waals surface area (Å²) in [4.78, 5) is 25.7. The van der Waals surface area contributed by atoms with Crippen molar-refractivity contribution < 1.29 is 4.79 Å². The van der Waals surface area contributed by atoms with Crippen LogP contribution in [-0.4, -0.2) is 56.6 Å². The Labute approximate surface area is 145 Å². The Morgan fingerprint density at radius 3 is 2.92 bits per heavy atom. The summed E-state index contributed by atoms with van der Waals surface area (Å²) in [5, 5.41) is 4.18. The number of hydrogen-bond donors (Lipinski definition) is 0. The molecule has 3 aromatic heterocycles. The molecule has 3 aromatic rings. The van der Waals surface area contributed by atoms with Gasteiger partial charge in [0.05, 0.1) is 11.8 Å². The molecule has 0 spiro atoms. The van der Waals surface area contributed by atoms with Crippen LogP contribution in [0.3, 0.4) is 0 Å². The van der Waals surface area contributed by atoms with Gasteiger partial charge in [0.15, 0.2) is 5.65 Å². The highest BCUT2D eigenvalue weighted by Gasteiger charge is 2.21. The van der Waals surface area contributed by atoms with Gasteiger partial charge in [0.1, 0.15) is 5.82 Å². The fourth-order valence-corrected chi connectivity index (χ4v) is 3.18. The normalized spacial score (nSPS) is 15.4. The number of aromatic nitrogens is 4. The predicted molar refractivity (Wildman–Crippen MR) is 94.7 cm³/mol. The molecule has 1 saturated heterocycles. The minimum atomic E-state index is 0.0530. The molecule has 1 fully saturated rings. The summed E-state index contributed by atoms with van der Waals surface area (Å²) in [6.45, 7) is 5.03. The van der Waals surface area contributed by atoms with Gasteiger partial charge in [0, 0.05) is 50.8 Å². The van der Waals surface area contributed by atoms with E-state index in [-0.39, 0.29) is 5.91 Å². The number of fused-ring (bicyclic) bond motifs is 1. The number of anilines is 1. The molecule has 0 aromatic carbocycles. The molecule has 25 heavy (non-hydrogen) atoms. The lowest BCUT2D eigenvalue weighted by Gasteiger charge is -2.23. The Morgan fingerprint density at radius 1 is 1.12 bits per heavy atom. The largest absolute Gasteiger partial charge is 0.355 e. The van der Waals surface area contributed by atoms with Gasteiger partial charge < -0.3 is 9.80 Å². The van der Waals surface area contributed by atoms with Gasteiger partial charge in [0.25, 0.3) is 5.91 Å². The number of rotatable bonds is 2. The Kier molecular flexibility index (Phi) is 4.05. The summed E-state index contributed by atoms with van der Waals surface area (Å²) >= 11 is 0.